The number of nitrogens with zero attached hydrogens (tertiary/aromatic N) is 1. The van der Waals surface area contributed by atoms with E-state index in [1.165, 1.54) is 19.1 Å². The third-order valence-electron chi connectivity index (χ3n) is 4.44. The summed E-state index contributed by atoms with van der Waals surface area (Å²) in [7, 11) is 0. The highest BCUT2D eigenvalue weighted by atomic mass is 32.1. The van der Waals surface area contributed by atoms with E-state index in [0.717, 1.165) is 5.56 Å². The summed E-state index contributed by atoms with van der Waals surface area (Å²) in [5.74, 6) is -0.877. The van der Waals surface area contributed by atoms with Crippen molar-refractivity contribution in [2.75, 3.05) is 6.61 Å². The van der Waals surface area contributed by atoms with Crippen molar-refractivity contribution in [2.45, 2.75) is 19.9 Å². The van der Waals surface area contributed by atoms with Crippen molar-refractivity contribution in [3.63, 3.8) is 0 Å². The van der Waals surface area contributed by atoms with Gasteiger partial charge in [0, 0.05) is 5.57 Å². The van der Waals surface area contributed by atoms with Crippen LogP contribution < -0.4 is 15.4 Å². The molecule has 0 amide bonds. The van der Waals surface area contributed by atoms with E-state index in [-0.39, 0.29) is 34.6 Å². The predicted molar refractivity (Wildman–Crippen MR) is 112 cm³/mol. The molecule has 2 aromatic rings. The Balaban J connectivity index is 2.29. The van der Waals surface area contributed by atoms with Crippen LogP contribution in [0.3, 0.4) is 0 Å². The van der Waals surface area contributed by atoms with E-state index in [0.29, 0.717) is 11.3 Å². The quantitative estimate of drug-likeness (QED) is 0.376. The lowest BCUT2D eigenvalue weighted by Crippen LogP contribution is -2.44. The highest BCUT2D eigenvalue weighted by Gasteiger charge is 2.37. The molecule has 1 aliphatic rings. The van der Waals surface area contributed by atoms with Crippen LogP contribution >= 0.6 is 12.2 Å². The summed E-state index contributed by atoms with van der Waals surface area (Å²) in [5, 5.41) is 28.1. The molecule has 0 bridgehead atoms. The maximum atomic E-state index is 12.6. The second kappa shape index (κ2) is 8.27. The Kier molecular flexibility index (Phi) is 5.79. The maximum Gasteiger partial charge on any atom is 0.320 e. The molecule has 0 spiro atoms. The fourth-order valence-corrected chi connectivity index (χ4v) is 3.51. The van der Waals surface area contributed by atoms with Gasteiger partial charge in [0.1, 0.15) is 0 Å². The van der Waals surface area contributed by atoms with Crippen LogP contribution in [0.1, 0.15) is 31.0 Å². The van der Waals surface area contributed by atoms with Gasteiger partial charge in [-0.25, -0.2) is 0 Å². The van der Waals surface area contributed by atoms with Crippen molar-refractivity contribution in [3.8, 4) is 11.5 Å². The molecule has 0 saturated heterocycles. The monoisotopic (exact) mass is 413 g/mol. The molecule has 2 aromatic carbocycles. The van der Waals surface area contributed by atoms with E-state index in [1.807, 2.05) is 30.3 Å². The third kappa shape index (κ3) is 3.90. The molecule has 150 valence electrons. The number of carbonyl (C=O) groups is 1. The lowest BCUT2D eigenvalue weighted by molar-refractivity contribution is -0.386. The highest BCUT2D eigenvalue weighted by Crippen LogP contribution is 2.44. The number of benzene rings is 2. The maximum absolute atomic E-state index is 12.6. The van der Waals surface area contributed by atoms with Crippen LogP contribution in [0.2, 0.25) is 0 Å². The Morgan fingerprint density at radius 1 is 1.28 bits per heavy atom. The van der Waals surface area contributed by atoms with Gasteiger partial charge in [-0.15, -0.1) is 0 Å². The van der Waals surface area contributed by atoms with Crippen molar-refractivity contribution in [3.05, 3.63) is 69.3 Å². The number of phenols is 1. The predicted octanol–water partition coefficient (Wildman–Crippen LogP) is 3.22. The van der Waals surface area contributed by atoms with Gasteiger partial charge in [0.25, 0.3) is 0 Å². The number of carbonyl (C=O) groups excluding carboxylic acids is 1. The summed E-state index contributed by atoms with van der Waals surface area (Å²) < 4.78 is 5.33. The third-order valence-corrected chi connectivity index (χ3v) is 4.66. The van der Waals surface area contributed by atoms with E-state index in [9.17, 15) is 20.0 Å². The van der Waals surface area contributed by atoms with Crippen LogP contribution in [0.25, 0.3) is 5.70 Å². The van der Waals surface area contributed by atoms with Crippen molar-refractivity contribution in [1.29, 1.82) is 0 Å². The Hall–Kier alpha value is -3.46. The van der Waals surface area contributed by atoms with Crippen LogP contribution in [0.4, 0.5) is 5.69 Å². The molecular weight excluding hydrogens is 394 g/mol. The number of rotatable bonds is 6. The van der Waals surface area contributed by atoms with E-state index < -0.39 is 16.7 Å². The number of phenolic OH excluding ortho intramolecular Hbond substituents is 1. The molecule has 0 aliphatic carbocycles. The molecule has 0 fully saturated rings. The number of nitrogens with one attached hydrogen (secondary N) is 2. The van der Waals surface area contributed by atoms with Crippen molar-refractivity contribution in [1.82, 2.24) is 10.6 Å². The summed E-state index contributed by atoms with van der Waals surface area (Å²) in [6.07, 6.45) is 0. The first-order valence-electron chi connectivity index (χ1n) is 8.86. The number of aromatic hydroxyl groups is 1. The minimum Gasteiger partial charge on any atom is -0.504 e. The van der Waals surface area contributed by atoms with Crippen LogP contribution in [0.15, 0.2) is 48.0 Å². The highest BCUT2D eigenvalue weighted by molar-refractivity contribution is 7.80. The Bertz CT molecular complexity index is 1020. The minimum absolute atomic E-state index is 0.126. The van der Waals surface area contributed by atoms with E-state index in [4.69, 9.17) is 17.0 Å². The average Bonchev–Trinajstić information content (AvgIpc) is 2.69. The van der Waals surface area contributed by atoms with Gasteiger partial charge >= 0.3 is 5.69 Å². The van der Waals surface area contributed by atoms with Crippen molar-refractivity contribution < 1.29 is 19.6 Å². The van der Waals surface area contributed by atoms with Crippen LogP contribution in [-0.2, 0) is 4.79 Å². The summed E-state index contributed by atoms with van der Waals surface area (Å²) in [5.41, 5.74) is 1.24. The van der Waals surface area contributed by atoms with Gasteiger partial charge in [0.15, 0.2) is 16.6 Å². The molecule has 0 unspecified atom stereocenters. The fourth-order valence-electron chi connectivity index (χ4n) is 3.29. The summed E-state index contributed by atoms with van der Waals surface area (Å²) in [4.78, 5) is 23.8. The zero-order valence-electron chi connectivity index (χ0n) is 15.8. The smallest absolute Gasteiger partial charge is 0.320 e. The number of hydrogen-bond acceptors (Lipinski definition) is 6. The molecule has 1 heterocycles. The Morgan fingerprint density at radius 2 is 1.97 bits per heavy atom. The standard InChI is InChI=1S/C20H19N3O5S/c1-3-28-19-14(25)10-9-13(18(19)23(26)27)17-15(11(2)24)16(21-20(29)22-17)12-7-5-4-6-8-12/h4-10,17,25H,3H2,1-2H3,(H2,21,22,29)/t17-/m1/s1. The first-order chi connectivity index (χ1) is 13.8. The molecule has 29 heavy (non-hydrogen) atoms. The molecule has 1 aliphatic heterocycles. The van der Waals surface area contributed by atoms with Gasteiger partial charge < -0.3 is 20.5 Å². The number of ether oxygens (including phenoxy) is 1. The topological polar surface area (TPSA) is 114 Å². The molecule has 8 nitrogen and oxygen atoms in total. The molecule has 0 aromatic heterocycles. The van der Waals surface area contributed by atoms with Gasteiger partial charge in [-0.05, 0) is 43.8 Å². The SMILES string of the molecule is CCOc1c(O)ccc([C@H]2NC(=S)NC(c3ccccc3)=C2C(C)=O)c1[N+](=O)[O-]. The van der Waals surface area contributed by atoms with E-state index in [2.05, 4.69) is 10.6 Å². The van der Waals surface area contributed by atoms with Gasteiger partial charge in [-0.2, -0.15) is 0 Å². The second-order valence-electron chi connectivity index (χ2n) is 6.28. The first kappa shape index (κ1) is 20.3. The van der Waals surface area contributed by atoms with Crippen LogP contribution in [-0.4, -0.2) is 27.5 Å². The van der Waals surface area contributed by atoms with Crippen LogP contribution in [0.5, 0.6) is 11.5 Å². The average molecular weight is 413 g/mol. The second-order valence-corrected chi connectivity index (χ2v) is 6.69. The minimum atomic E-state index is -0.892. The largest absolute Gasteiger partial charge is 0.504 e. The van der Waals surface area contributed by atoms with Crippen LogP contribution in [0, 0.1) is 10.1 Å². The molecular formula is C20H19N3O5S. The Labute approximate surface area is 172 Å². The summed E-state index contributed by atoms with van der Waals surface area (Å²) in [6, 6.07) is 10.9. The molecule has 3 rings (SSSR count). The number of nitro benzene ring substituents is 1. The van der Waals surface area contributed by atoms with Crippen molar-refractivity contribution >= 4 is 34.5 Å². The fraction of sp³-hybridized carbons (Fsp3) is 0.200. The number of thiocarbonyl (C=S) groups is 1. The number of hydrogen-bond donors (Lipinski definition) is 3. The van der Waals surface area contributed by atoms with E-state index >= 15 is 0 Å². The number of nitro groups is 1. The zero-order valence-corrected chi connectivity index (χ0v) is 16.6. The normalized spacial score (nSPS) is 16.1. The first-order valence-corrected chi connectivity index (χ1v) is 9.27. The zero-order chi connectivity index (χ0) is 21.1. The number of ketones is 1. The van der Waals surface area contributed by atoms with E-state index in [1.54, 1.807) is 6.92 Å². The Morgan fingerprint density at radius 3 is 2.55 bits per heavy atom. The molecule has 0 radical (unpaired) electrons. The van der Waals surface area contributed by atoms with Gasteiger partial charge in [0.05, 0.1) is 28.8 Å². The lowest BCUT2D eigenvalue weighted by Gasteiger charge is -2.31. The molecule has 0 saturated carbocycles. The van der Waals surface area contributed by atoms with Crippen molar-refractivity contribution in [2.24, 2.45) is 0 Å². The molecule has 9 heteroatoms. The van der Waals surface area contributed by atoms with Gasteiger partial charge in [-0.1, -0.05) is 30.3 Å². The summed E-state index contributed by atoms with van der Waals surface area (Å²) >= 11 is 5.30. The summed E-state index contributed by atoms with van der Waals surface area (Å²) in [6.45, 7) is 3.17. The lowest BCUT2D eigenvalue weighted by atomic mass is 9.89. The number of Topliss-reactive ketones (excluding diaryl/α,β-unsaturated/α-hetero) is 1. The molecule has 3 N–H and O–H groups in total. The van der Waals surface area contributed by atoms with Gasteiger partial charge in [0.2, 0.25) is 5.75 Å². The molecule has 1 atom stereocenters. The van der Waals surface area contributed by atoms with Gasteiger partial charge in [-0.3, -0.25) is 14.9 Å².